The Balaban J connectivity index is 2.23. The second-order valence-corrected chi connectivity index (χ2v) is 6.17. The van der Waals surface area contributed by atoms with Crippen molar-refractivity contribution < 1.29 is 13.6 Å². The first-order chi connectivity index (χ1) is 11.5. The molecular weight excluding hydrogens is 327 g/mol. The van der Waals surface area contributed by atoms with Gasteiger partial charge in [0, 0.05) is 37.4 Å². The Hall–Kier alpha value is -2.47. The van der Waals surface area contributed by atoms with Crippen LogP contribution in [0.4, 0.5) is 10.1 Å². The lowest BCUT2D eigenvalue weighted by Crippen LogP contribution is -2.18. The molecule has 0 aliphatic heterocycles. The van der Waals surface area contributed by atoms with E-state index in [-0.39, 0.29) is 11.7 Å². The molecule has 124 valence electrons. The van der Waals surface area contributed by atoms with Crippen LogP contribution < -0.4 is 9.62 Å². The molecule has 1 heterocycles. The third-order valence-corrected chi connectivity index (χ3v) is 4.63. The van der Waals surface area contributed by atoms with Gasteiger partial charge in [-0.3, -0.25) is 4.79 Å². The van der Waals surface area contributed by atoms with Crippen LogP contribution >= 0.6 is 11.9 Å². The molecule has 6 heteroatoms. The standard InChI is InChI=1S/C18H17FN2O2S/c1-20-18(22)16-14-9-8-13(21(2)24-3)10-15(14)23-17(16)11-4-6-12(19)7-5-11/h4-10H,1-3H3,(H,20,22). The van der Waals surface area contributed by atoms with Gasteiger partial charge in [0.25, 0.3) is 5.91 Å². The summed E-state index contributed by atoms with van der Waals surface area (Å²) in [5.41, 5.74) is 2.70. The van der Waals surface area contributed by atoms with Crippen LogP contribution in [-0.4, -0.2) is 26.3 Å². The summed E-state index contributed by atoms with van der Waals surface area (Å²) in [5, 5.41) is 3.37. The number of hydrogen-bond acceptors (Lipinski definition) is 4. The van der Waals surface area contributed by atoms with Gasteiger partial charge in [0.05, 0.1) is 11.3 Å². The average Bonchev–Trinajstić information content (AvgIpc) is 2.99. The molecule has 4 nitrogen and oxygen atoms in total. The van der Waals surface area contributed by atoms with Crippen molar-refractivity contribution in [2.45, 2.75) is 0 Å². The van der Waals surface area contributed by atoms with E-state index in [1.165, 1.54) is 12.1 Å². The molecule has 0 spiro atoms. The van der Waals surface area contributed by atoms with E-state index in [2.05, 4.69) is 5.32 Å². The number of fused-ring (bicyclic) bond motifs is 1. The highest BCUT2D eigenvalue weighted by Crippen LogP contribution is 2.36. The van der Waals surface area contributed by atoms with Crippen molar-refractivity contribution in [1.29, 1.82) is 0 Å². The van der Waals surface area contributed by atoms with Gasteiger partial charge in [-0.05, 0) is 36.4 Å². The molecular formula is C18H17FN2O2S. The molecule has 0 aliphatic rings. The van der Waals surface area contributed by atoms with Crippen molar-refractivity contribution in [3.05, 3.63) is 53.8 Å². The first kappa shape index (κ1) is 16.4. The highest BCUT2D eigenvalue weighted by Gasteiger charge is 2.22. The number of anilines is 1. The number of carbonyl (C=O) groups is 1. The van der Waals surface area contributed by atoms with Gasteiger partial charge in [-0.2, -0.15) is 0 Å². The first-order valence-electron chi connectivity index (χ1n) is 7.37. The molecule has 1 aromatic heterocycles. The molecule has 0 saturated heterocycles. The minimum atomic E-state index is -0.333. The second kappa shape index (κ2) is 6.57. The number of nitrogens with zero attached hydrogens (tertiary/aromatic N) is 1. The van der Waals surface area contributed by atoms with Gasteiger partial charge >= 0.3 is 0 Å². The van der Waals surface area contributed by atoms with E-state index in [9.17, 15) is 9.18 Å². The maximum atomic E-state index is 13.2. The van der Waals surface area contributed by atoms with Crippen LogP contribution in [0, 0.1) is 5.82 Å². The Kier molecular flexibility index (Phi) is 4.49. The van der Waals surface area contributed by atoms with Crippen molar-refractivity contribution in [3.8, 4) is 11.3 Å². The summed E-state index contributed by atoms with van der Waals surface area (Å²) in [6.45, 7) is 0. The van der Waals surface area contributed by atoms with E-state index in [4.69, 9.17) is 4.42 Å². The summed E-state index contributed by atoms with van der Waals surface area (Å²) in [6.07, 6.45) is 1.98. The maximum absolute atomic E-state index is 13.2. The maximum Gasteiger partial charge on any atom is 0.255 e. The van der Waals surface area contributed by atoms with E-state index < -0.39 is 0 Å². The normalized spacial score (nSPS) is 10.8. The van der Waals surface area contributed by atoms with Crippen LogP contribution in [0.25, 0.3) is 22.3 Å². The zero-order valence-electron chi connectivity index (χ0n) is 13.6. The molecule has 2 aromatic carbocycles. The van der Waals surface area contributed by atoms with E-state index in [0.29, 0.717) is 22.5 Å². The highest BCUT2D eigenvalue weighted by molar-refractivity contribution is 7.99. The average molecular weight is 344 g/mol. The monoisotopic (exact) mass is 344 g/mol. The molecule has 1 amide bonds. The molecule has 0 unspecified atom stereocenters. The highest BCUT2D eigenvalue weighted by atomic mass is 32.2. The predicted octanol–water partition coefficient (Wildman–Crippen LogP) is 4.31. The van der Waals surface area contributed by atoms with Crippen molar-refractivity contribution >= 4 is 34.5 Å². The number of carbonyl (C=O) groups excluding carboxylic acids is 1. The molecule has 0 fully saturated rings. The predicted molar refractivity (Wildman–Crippen MR) is 96.9 cm³/mol. The number of halogens is 1. The SMILES string of the molecule is CNC(=O)c1c(-c2ccc(F)cc2)oc2cc(N(C)SC)ccc12. The Morgan fingerprint density at radius 3 is 2.54 bits per heavy atom. The Labute approximate surface area is 143 Å². The molecule has 0 bridgehead atoms. The number of nitrogens with one attached hydrogen (secondary N) is 1. The van der Waals surface area contributed by atoms with Crippen molar-refractivity contribution in [1.82, 2.24) is 5.32 Å². The molecule has 3 rings (SSSR count). The smallest absolute Gasteiger partial charge is 0.255 e. The molecule has 24 heavy (non-hydrogen) atoms. The van der Waals surface area contributed by atoms with Crippen molar-refractivity contribution in [2.24, 2.45) is 0 Å². The van der Waals surface area contributed by atoms with Gasteiger partial charge in [-0.25, -0.2) is 4.39 Å². The van der Waals surface area contributed by atoms with E-state index in [1.807, 2.05) is 35.8 Å². The molecule has 3 aromatic rings. The number of benzene rings is 2. The van der Waals surface area contributed by atoms with E-state index in [1.54, 1.807) is 31.1 Å². The second-order valence-electron chi connectivity index (χ2n) is 5.25. The fraction of sp³-hybridized carbons (Fsp3) is 0.167. The number of furan rings is 1. The van der Waals surface area contributed by atoms with E-state index >= 15 is 0 Å². The number of rotatable bonds is 4. The molecule has 0 aliphatic carbocycles. The van der Waals surface area contributed by atoms with Crippen LogP contribution in [0.1, 0.15) is 10.4 Å². The minimum Gasteiger partial charge on any atom is -0.455 e. The van der Waals surface area contributed by atoms with Crippen molar-refractivity contribution in [2.75, 3.05) is 24.7 Å². The Bertz CT molecular complexity index is 890. The summed E-state index contributed by atoms with van der Waals surface area (Å²) < 4.78 is 21.2. The zero-order valence-corrected chi connectivity index (χ0v) is 14.4. The fourth-order valence-electron chi connectivity index (χ4n) is 2.54. The lowest BCUT2D eigenvalue weighted by atomic mass is 10.0. The molecule has 0 atom stereocenters. The third kappa shape index (κ3) is 2.85. The summed E-state index contributed by atoms with van der Waals surface area (Å²) in [6, 6.07) is 11.6. The lowest BCUT2D eigenvalue weighted by molar-refractivity contribution is 0.0964. The summed E-state index contributed by atoms with van der Waals surface area (Å²) >= 11 is 1.58. The largest absolute Gasteiger partial charge is 0.455 e. The van der Waals surface area contributed by atoms with Gasteiger partial charge in [0.1, 0.15) is 17.2 Å². The van der Waals surface area contributed by atoms with Gasteiger partial charge in [-0.1, -0.05) is 11.9 Å². The van der Waals surface area contributed by atoms with Crippen molar-refractivity contribution in [3.63, 3.8) is 0 Å². The van der Waals surface area contributed by atoms with Crippen LogP contribution in [-0.2, 0) is 0 Å². The Morgan fingerprint density at radius 2 is 1.92 bits per heavy atom. The third-order valence-electron chi connectivity index (χ3n) is 3.87. The Morgan fingerprint density at radius 1 is 1.21 bits per heavy atom. The van der Waals surface area contributed by atoms with Gasteiger partial charge < -0.3 is 14.0 Å². The molecule has 1 N–H and O–H groups in total. The zero-order chi connectivity index (χ0) is 17.3. The van der Waals surface area contributed by atoms with E-state index in [0.717, 1.165) is 11.1 Å². The fourth-order valence-corrected chi connectivity index (χ4v) is 2.87. The van der Waals surface area contributed by atoms with Crippen LogP contribution in [0.2, 0.25) is 0 Å². The number of amides is 1. The molecule has 0 radical (unpaired) electrons. The van der Waals surface area contributed by atoms with Crippen LogP contribution in [0.5, 0.6) is 0 Å². The van der Waals surface area contributed by atoms with Gasteiger partial charge in [0.15, 0.2) is 0 Å². The minimum absolute atomic E-state index is 0.237. The topological polar surface area (TPSA) is 45.5 Å². The van der Waals surface area contributed by atoms with Crippen LogP contribution in [0.15, 0.2) is 46.9 Å². The number of hydrogen-bond donors (Lipinski definition) is 1. The summed E-state index contributed by atoms with van der Waals surface area (Å²) in [4.78, 5) is 12.4. The first-order valence-corrected chi connectivity index (χ1v) is 8.55. The summed E-state index contributed by atoms with van der Waals surface area (Å²) in [7, 11) is 3.53. The quantitative estimate of drug-likeness (QED) is 0.716. The van der Waals surface area contributed by atoms with Gasteiger partial charge in [-0.15, -0.1) is 0 Å². The van der Waals surface area contributed by atoms with Gasteiger partial charge in [0.2, 0.25) is 0 Å². The van der Waals surface area contributed by atoms with Crippen LogP contribution in [0.3, 0.4) is 0 Å². The lowest BCUT2D eigenvalue weighted by Gasteiger charge is -2.14. The summed E-state index contributed by atoms with van der Waals surface area (Å²) in [5.74, 6) is -0.132. The molecule has 0 saturated carbocycles.